The molecule has 0 unspecified atom stereocenters. The second kappa shape index (κ2) is 12.6. The molecule has 1 aliphatic heterocycles. The zero-order valence-electron chi connectivity index (χ0n) is 24.2. The van der Waals surface area contributed by atoms with Gasteiger partial charge in [-0.1, -0.05) is 42.5 Å². The van der Waals surface area contributed by atoms with Gasteiger partial charge in [0.1, 0.15) is 18.8 Å². The van der Waals surface area contributed by atoms with Crippen molar-refractivity contribution < 1.29 is 23.8 Å². The maximum absolute atomic E-state index is 13.2. The molecule has 2 heterocycles. The van der Waals surface area contributed by atoms with Gasteiger partial charge in [-0.05, 0) is 22.4 Å². The van der Waals surface area contributed by atoms with Crippen LogP contribution in [0.4, 0.5) is 5.82 Å². The first-order valence-electron chi connectivity index (χ1n) is 14.2. The van der Waals surface area contributed by atoms with Crippen molar-refractivity contribution in [2.24, 2.45) is 0 Å². The summed E-state index contributed by atoms with van der Waals surface area (Å²) in [4.78, 5) is 39.5. The van der Waals surface area contributed by atoms with E-state index in [0.29, 0.717) is 60.2 Å². The fourth-order valence-corrected chi connectivity index (χ4v) is 5.51. The number of carbonyl (C=O) groups is 2. The first-order chi connectivity index (χ1) is 21.0. The Balaban J connectivity index is 1.12. The molecule has 6 rings (SSSR count). The lowest BCUT2D eigenvalue weighted by Crippen LogP contribution is -2.47. The van der Waals surface area contributed by atoms with Crippen LogP contribution in [0.2, 0.25) is 0 Å². The van der Waals surface area contributed by atoms with Gasteiger partial charge in [-0.2, -0.15) is 0 Å². The molecular weight excluding hydrogens is 546 g/mol. The fraction of sp³-hybridized carbons (Fsp3) is 0.273. The normalized spacial score (nSPS) is 15.9. The quantitative estimate of drug-likeness (QED) is 0.219. The average Bonchev–Trinajstić information content (AvgIpc) is 3.03. The van der Waals surface area contributed by atoms with E-state index in [1.54, 1.807) is 26.4 Å². The zero-order chi connectivity index (χ0) is 29.8. The number of fused-ring (bicyclic) bond motifs is 2. The Labute approximate surface area is 249 Å². The highest BCUT2D eigenvalue weighted by atomic mass is 16.5. The van der Waals surface area contributed by atoms with Crippen molar-refractivity contribution in [3.63, 3.8) is 0 Å². The van der Waals surface area contributed by atoms with Crippen molar-refractivity contribution in [1.29, 1.82) is 0 Å². The highest BCUT2D eigenvalue weighted by molar-refractivity contribution is 6.21. The summed E-state index contributed by atoms with van der Waals surface area (Å²) >= 11 is 0. The predicted molar refractivity (Wildman–Crippen MR) is 164 cm³/mol. The maximum Gasteiger partial charge on any atom is 0.204 e. The van der Waals surface area contributed by atoms with Crippen molar-refractivity contribution in [3.8, 4) is 11.5 Å². The second-order valence-electron chi connectivity index (χ2n) is 10.4. The van der Waals surface area contributed by atoms with E-state index in [0.717, 1.165) is 19.6 Å². The van der Waals surface area contributed by atoms with E-state index in [1.165, 1.54) is 34.8 Å². The van der Waals surface area contributed by atoms with E-state index in [-0.39, 0.29) is 17.3 Å². The van der Waals surface area contributed by atoms with Crippen LogP contribution < -0.4 is 14.8 Å². The van der Waals surface area contributed by atoms with Crippen LogP contribution in [0, 0.1) is 0 Å². The van der Waals surface area contributed by atoms with Crippen LogP contribution in [0.25, 0.3) is 21.7 Å². The van der Waals surface area contributed by atoms with E-state index >= 15 is 0 Å². The van der Waals surface area contributed by atoms with E-state index in [2.05, 4.69) is 62.6 Å². The second-order valence-corrected chi connectivity index (χ2v) is 10.4. The molecule has 0 atom stereocenters. The Kier molecular flexibility index (Phi) is 8.30. The molecule has 1 N–H and O–H groups in total. The number of nitrogens with zero attached hydrogens (tertiary/aromatic N) is 4. The van der Waals surface area contributed by atoms with Crippen molar-refractivity contribution in [2.45, 2.75) is 6.54 Å². The Morgan fingerprint density at radius 2 is 1.65 bits per heavy atom. The topological polar surface area (TPSA) is 106 Å². The molecule has 1 fully saturated rings. The third-order valence-electron chi connectivity index (χ3n) is 7.77. The molecule has 1 aliphatic carbocycles. The summed E-state index contributed by atoms with van der Waals surface area (Å²) in [7, 11) is 3.15. The number of hydrogen-bond acceptors (Lipinski definition) is 10. The Morgan fingerprint density at radius 3 is 2.47 bits per heavy atom. The van der Waals surface area contributed by atoms with E-state index in [9.17, 15) is 9.59 Å². The van der Waals surface area contributed by atoms with Crippen LogP contribution in [0.3, 0.4) is 0 Å². The molecule has 10 heteroatoms. The van der Waals surface area contributed by atoms with Gasteiger partial charge >= 0.3 is 0 Å². The standard InChI is InChI=1S/C33H33N5O5/c1-41-14-15-43-32-18-26-25(16-31(32)42-2)33(35-21-34-26)36-27-17-30(40)28(19-29(27)39)38-12-10-37(11-13-38)20-23-8-5-7-22-6-3-4-9-24(22)23/h3-9,16-19,21H,10-15,20H2,1-2H3,(H,34,35,36). The summed E-state index contributed by atoms with van der Waals surface area (Å²) in [6.45, 7) is 4.54. The van der Waals surface area contributed by atoms with Gasteiger partial charge in [0.05, 0.1) is 30.6 Å². The van der Waals surface area contributed by atoms with Gasteiger partial charge in [-0.25, -0.2) is 9.97 Å². The van der Waals surface area contributed by atoms with Crippen LogP contribution >= 0.6 is 0 Å². The molecule has 1 saturated heterocycles. The number of methoxy groups -OCH3 is 2. The number of piperazine rings is 1. The number of hydrogen-bond donors (Lipinski definition) is 1. The lowest BCUT2D eigenvalue weighted by atomic mass is 10.0. The summed E-state index contributed by atoms with van der Waals surface area (Å²) in [5.41, 5.74) is 2.46. The molecule has 10 nitrogen and oxygen atoms in total. The zero-order valence-corrected chi connectivity index (χ0v) is 24.2. The third kappa shape index (κ3) is 6.06. The Bertz CT molecular complexity index is 1740. The van der Waals surface area contributed by atoms with Gasteiger partial charge in [0.25, 0.3) is 0 Å². The number of nitrogens with one attached hydrogen (secondary N) is 1. The summed E-state index contributed by atoms with van der Waals surface area (Å²) < 4.78 is 16.3. The number of aromatic nitrogens is 2. The first-order valence-corrected chi connectivity index (χ1v) is 14.2. The number of benzene rings is 3. The number of allylic oxidation sites excluding steroid dienone is 2. The van der Waals surface area contributed by atoms with Crippen molar-refractivity contribution >= 4 is 39.1 Å². The van der Waals surface area contributed by atoms with Gasteiger partial charge in [-0.3, -0.25) is 14.5 Å². The number of rotatable bonds is 10. The van der Waals surface area contributed by atoms with Gasteiger partial charge in [0, 0.05) is 63.4 Å². The summed E-state index contributed by atoms with van der Waals surface area (Å²) in [5.74, 6) is 0.895. The predicted octanol–water partition coefficient (Wildman–Crippen LogP) is 3.97. The number of anilines is 1. The lowest BCUT2D eigenvalue weighted by molar-refractivity contribution is -0.116. The van der Waals surface area contributed by atoms with Crippen molar-refractivity contribution in [1.82, 2.24) is 19.8 Å². The molecular formula is C33H33N5O5. The third-order valence-corrected chi connectivity index (χ3v) is 7.77. The smallest absolute Gasteiger partial charge is 0.204 e. The molecule has 2 aliphatic rings. The molecule has 43 heavy (non-hydrogen) atoms. The van der Waals surface area contributed by atoms with Gasteiger partial charge in [-0.15, -0.1) is 0 Å². The average molecular weight is 580 g/mol. The number of carbonyl (C=O) groups excluding carboxylic acids is 2. The molecule has 0 amide bonds. The van der Waals surface area contributed by atoms with E-state index < -0.39 is 0 Å². The van der Waals surface area contributed by atoms with Crippen LogP contribution in [0.5, 0.6) is 11.5 Å². The van der Waals surface area contributed by atoms with Gasteiger partial charge in [0.2, 0.25) is 11.6 Å². The molecule has 3 aromatic carbocycles. The minimum atomic E-state index is -0.286. The van der Waals surface area contributed by atoms with Crippen molar-refractivity contribution in [2.75, 3.05) is 58.9 Å². The highest BCUT2D eigenvalue weighted by Crippen LogP contribution is 2.34. The molecule has 4 aromatic rings. The fourth-order valence-electron chi connectivity index (χ4n) is 5.51. The Morgan fingerprint density at radius 1 is 0.837 bits per heavy atom. The largest absolute Gasteiger partial charge is 0.493 e. The first kappa shape index (κ1) is 28.3. The van der Waals surface area contributed by atoms with Crippen molar-refractivity contribution in [3.05, 3.63) is 90.0 Å². The maximum atomic E-state index is 13.2. The van der Waals surface area contributed by atoms with Gasteiger partial charge < -0.3 is 24.4 Å². The number of ketones is 2. The molecule has 0 spiro atoms. The summed E-state index contributed by atoms with van der Waals surface area (Å²) in [6, 6.07) is 18.3. The van der Waals surface area contributed by atoms with Crippen LogP contribution in [-0.4, -0.2) is 84.9 Å². The van der Waals surface area contributed by atoms with Crippen LogP contribution in [0.1, 0.15) is 5.56 Å². The van der Waals surface area contributed by atoms with Crippen LogP contribution in [0.15, 0.2) is 84.5 Å². The minimum Gasteiger partial charge on any atom is -0.493 e. The molecule has 0 bridgehead atoms. The molecule has 0 saturated carbocycles. The SMILES string of the molecule is COCCOc1cc2ncnc(NC3=CC(=O)C(N4CCN(Cc5cccc6ccccc56)CC4)=CC3=O)c2cc1OC. The Hall–Kier alpha value is -4.80. The molecule has 220 valence electrons. The van der Waals surface area contributed by atoms with Crippen LogP contribution in [-0.2, 0) is 20.9 Å². The lowest BCUT2D eigenvalue weighted by Gasteiger charge is -2.37. The number of ether oxygens (including phenoxy) is 3. The van der Waals surface area contributed by atoms with E-state index in [4.69, 9.17) is 14.2 Å². The van der Waals surface area contributed by atoms with E-state index in [1.807, 2.05) is 4.90 Å². The minimum absolute atomic E-state index is 0.155. The highest BCUT2D eigenvalue weighted by Gasteiger charge is 2.28. The van der Waals surface area contributed by atoms with Gasteiger partial charge in [0.15, 0.2) is 11.5 Å². The summed E-state index contributed by atoms with van der Waals surface area (Å²) in [6.07, 6.45) is 4.18. The molecule has 0 radical (unpaired) electrons. The monoisotopic (exact) mass is 579 g/mol. The molecule has 1 aromatic heterocycles. The summed E-state index contributed by atoms with van der Waals surface area (Å²) in [5, 5.41) is 6.17.